The number of morpholine rings is 1. The van der Waals surface area contributed by atoms with Crippen molar-refractivity contribution in [1.82, 2.24) is 0 Å². The molecule has 1 heterocycles. The predicted molar refractivity (Wildman–Crippen MR) is 69.9 cm³/mol. The van der Waals surface area contributed by atoms with Crippen LogP contribution in [0.4, 0.5) is 5.69 Å². The van der Waals surface area contributed by atoms with Crippen LogP contribution in [0.2, 0.25) is 5.02 Å². The molecule has 1 N–H and O–H groups in total. The van der Waals surface area contributed by atoms with E-state index < -0.39 is 6.10 Å². The van der Waals surface area contributed by atoms with Crippen molar-refractivity contribution in [1.29, 1.82) is 0 Å². The molecule has 1 atom stereocenters. The van der Waals surface area contributed by atoms with E-state index >= 15 is 0 Å². The number of rotatable bonds is 4. The van der Waals surface area contributed by atoms with Crippen LogP contribution in [-0.2, 0) is 9.53 Å². The van der Waals surface area contributed by atoms with Crippen LogP contribution in [0, 0.1) is 0 Å². The van der Waals surface area contributed by atoms with Gasteiger partial charge in [0.15, 0.2) is 0 Å². The van der Waals surface area contributed by atoms with E-state index in [0.29, 0.717) is 31.0 Å². The highest BCUT2D eigenvalue weighted by molar-refractivity contribution is 6.30. The molecule has 1 aromatic rings. The van der Waals surface area contributed by atoms with Crippen molar-refractivity contribution in [3.8, 4) is 0 Å². The number of ether oxygens (including phenoxy) is 1. The minimum absolute atomic E-state index is 0.0584. The molecular formula is C13H16ClNO3. The number of hydrogen-bond donors (Lipinski definition) is 1. The van der Waals surface area contributed by atoms with Gasteiger partial charge in [0.05, 0.1) is 6.61 Å². The summed E-state index contributed by atoms with van der Waals surface area (Å²) in [6.45, 7) is 1.12. The molecule has 0 spiro atoms. The van der Waals surface area contributed by atoms with E-state index in [0.717, 1.165) is 5.69 Å². The summed E-state index contributed by atoms with van der Waals surface area (Å²) in [5.74, 6) is -0.0584. The maximum atomic E-state index is 12.2. The van der Waals surface area contributed by atoms with Gasteiger partial charge in [0.2, 0.25) is 0 Å². The lowest BCUT2D eigenvalue weighted by molar-refractivity contribution is -0.134. The average molecular weight is 270 g/mol. The number of hydrogen-bond acceptors (Lipinski definition) is 3. The molecule has 1 amide bonds. The van der Waals surface area contributed by atoms with Gasteiger partial charge >= 0.3 is 0 Å². The molecule has 1 saturated heterocycles. The molecular weight excluding hydrogens is 254 g/mol. The summed E-state index contributed by atoms with van der Waals surface area (Å²) in [4.78, 5) is 13.9. The van der Waals surface area contributed by atoms with Gasteiger partial charge in [-0.2, -0.15) is 0 Å². The first-order chi connectivity index (χ1) is 8.72. The molecule has 1 unspecified atom stereocenters. The van der Waals surface area contributed by atoms with Crippen molar-refractivity contribution in [2.45, 2.75) is 18.9 Å². The second-order valence-corrected chi connectivity index (χ2v) is 4.63. The standard InChI is InChI=1S/C13H16ClNO3/c14-10-3-1-4-11(9-10)15-6-8-18-12(13(15)17)5-2-7-16/h1,3-4,9,12,16H,2,5-8H2. The molecule has 5 heteroatoms. The summed E-state index contributed by atoms with van der Waals surface area (Å²) in [6.07, 6.45) is 0.663. The number of anilines is 1. The largest absolute Gasteiger partial charge is 0.396 e. The van der Waals surface area contributed by atoms with Crippen LogP contribution in [-0.4, -0.2) is 36.9 Å². The number of aliphatic hydroxyl groups is 1. The zero-order chi connectivity index (χ0) is 13.0. The molecule has 0 aliphatic carbocycles. The lowest BCUT2D eigenvalue weighted by Crippen LogP contribution is -2.48. The van der Waals surface area contributed by atoms with E-state index in [4.69, 9.17) is 21.4 Å². The summed E-state index contributed by atoms with van der Waals surface area (Å²) in [5, 5.41) is 9.41. The Morgan fingerprint density at radius 2 is 2.33 bits per heavy atom. The van der Waals surface area contributed by atoms with E-state index in [-0.39, 0.29) is 12.5 Å². The van der Waals surface area contributed by atoms with E-state index in [2.05, 4.69) is 0 Å². The maximum absolute atomic E-state index is 12.2. The van der Waals surface area contributed by atoms with Crippen LogP contribution in [0.25, 0.3) is 0 Å². The smallest absolute Gasteiger partial charge is 0.256 e. The molecule has 1 aliphatic rings. The second-order valence-electron chi connectivity index (χ2n) is 4.20. The Hall–Kier alpha value is -1.10. The molecule has 0 aromatic heterocycles. The second kappa shape index (κ2) is 6.18. The van der Waals surface area contributed by atoms with Gasteiger partial charge in [0.1, 0.15) is 6.10 Å². The molecule has 1 fully saturated rings. The zero-order valence-electron chi connectivity index (χ0n) is 10.0. The molecule has 0 saturated carbocycles. The van der Waals surface area contributed by atoms with Crippen LogP contribution >= 0.6 is 11.6 Å². The molecule has 2 rings (SSSR count). The van der Waals surface area contributed by atoms with Crippen molar-refractivity contribution in [2.24, 2.45) is 0 Å². The number of carbonyl (C=O) groups is 1. The highest BCUT2D eigenvalue weighted by Crippen LogP contribution is 2.23. The van der Waals surface area contributed by atoms with Crippen molar-refractivity contribution in [2.75, 3.05) is 24.7 Å². The lowest BCUT2D eigenvalue weighted by atomic mass is 10.1. The van der Waals surface area contributed by atoms with Gasteiger partial charge in [-0.05, 0) is 31.0 Å². The normalized spacial score (nSPS) is 20.2. The number of aliphatic hydroxyl groups excluding tert-OH is 1. The number of nitrogens with zero attached hydrogens (tertiary/aromatic N) is 1. The summed E-state index contributed by atoms with van der Waals surface area (Å²) in [6, 6.07) is 7.23. The van der Waals surface area contributed by atoms with Crippen LogP contribution in [0.1, 0.15) is 12.8 Å². The van der Waals surface area contributed by atoms with Crippen molar-refractivity contribution >= 4 is 23.2 Å². The highest BCUT2D eigenvalue weighted by atomic mass is 35.5. The lowest BCUT2D eigenvalue weighted by Gasteiger charge is -2.32. The summed E-state index contributed by atoms with van der Waals surface area (Å²) < 4.78 is 5.44. The molecule has 0 radical (unpaired) electrons. The van der Waals surface area contributed by atoms with Gasteiger partial charge < -0.3 is 14.7 Å². The Morgan fingerprint density at radius 3 is 3.06 bits per heavy atom. The quantitative estimate of drug-likeness (QED) is 0.907. The van der Waals surface area contributed by atoms with Crippen molar-refractivity contribution in [3.63, 3.8) is 0 Å². The van der Waals surface area contributed by atoms with Gasteiger partial charge in [-0.25, -0.2) is 0 Å². The Bertz CT molecular complexity index is 424. The third-order valence-electron chi connectivity index (χ3n) is 2.92. The van der Waals surface area contributed by atoms with Crippen molar-refractivity contribution in [3.05, 3.63) is 29.3 Å². The van der Waals surface area contributed by atoms with E-state index in [1.807, 2.05) is 12.1 Å². The fraction of sp³-hybridized carbons (Fsp3) is 0.462. The summed E-state index contributed by atoms with van der Waals surface area (Å²) in [7, 11) is 0. The minimum Gasteiger partial charge on any atom is -0.396 e. The topological polar surface area (TPSA) is 49.8 Å². The summed E-state index contributed by atoms with van der Waals surface area (Å²) >= 11 is 5.93. The first kappa shape index (κ1) is 13.3. The Labute approximate surface area is 111 Å². The number of carbonyl (C=O) groups excluding carboxylic acids is 1. The third-order valence-corrected chi connectivity index (χ3v) is 3.15. The SMILES string of the molecule is O=C1C(CCCO)OCCN1c1cccc(Cl)c1. The van der Waals surface area contributed by atoms with Gasteiger partial charge in [0, 0.05) is 23.9 Å². The van der Waals surface area contributed by atoms with E-state index in [1.54, 1.807) is 17.0 Å². The first-order valence-electron chi connectivity index (χ1n) is 6.02. The van der Waals surface area contributed by atoms with Gasteiger partial charge in [-0.15, -0.1) is 0 Å². The molecule has 1 aromatic carbocycles. The molecule has 98 valence electrons. The minimum atomic E-state index is -0.454. The number of benzene rings is 1. The van der Waals surface area contributed by atoms with Crippen LogP contribution in [0.3, 0.4) is 0 Å². The van der Waals surface area contributed by atoms with E-state index in [9.17, 15) is 4.79 Å². The van der Waals surface area contributed by atoms with Crippen molar-refractivity contribution < 1.29 is 14.6 Å². The highest BCUT2D eigenvalue weighted by Gasteiger charge is 2.29. The molecule has 1 aliphatic heterocycles. The number of halogens is 1. The van der Waals surface area contributed by atoms with Gasteiger partial charge in [-0.1, -0.05) is 17.7 Å². The van der Waals surface area contributed by atoms with Crippen LogP contribution in [0.15, 0.2) is 24.3 Å². The fourth-order valence-corrected chi connectivity index (χ4v) is 2.21. The van der Waals surface area contributed by atoms with Gasteiger partial charge in [-0.3, -0.25) is 4.79 Å². The Kier molecular flexibility index (Phi) is 4.58. The van der Waals surface area contributed by atoms with E-state index in [1.165, 1.54) is 0 Å². The van der Waals surface area contributed by atoms with Crippen LogP contribution < -0.4 is 4.90 Å². The predicted octanol–water partition coefficient (Wildman–Crippen LogP) is 1.84. The van der Waals surface area contributed by atoms with Crippen LogP contribution in [0.5, 0.6) is 0 Å². The average Bonchev–Trinajstić information content (AvgIpc) is 2.37. The summed E-state index contributed by atoms with van der Waals surface area (Å²) in [5.41, 5.74) is 0.796. The first-order valence-corrected chi connectivity index (χ1v) is 6.39. The fourth-order valence-electron chi connectivity index (χ4n) is 2.03. The zero-order valence-corrected chi connectivity index (χ0v) is 10.8. The third kappa shape index (κ3) is 3.02. The molecule has 0 bridgehead atoms. The Balaban J connectivity index is 2.11. The van der Waals surface area contributed by atoms with Gasteiger partial charge in [0.25, 0.3) is 5.91 Å². The number of amides is 1. The maximum Gasteiger partial charge on any atom is 0.256 e. The molecule has 4 nitrogen and oxygen atoms in total. The monoisotopic (exact) mass is 269 g/mol. The Morgan fingerprint density at radius 1 is 1.50 bits per heavy atom. The molecule has 18 heavy (non-hydrogen) atoms.